The van der Waals surface area contributed by atoms with Gasteiger partial charge in [0, 0.05) is 37.7 Å². The van der Waals surface area contributed by atoms with Gasteiger partial charge in [-0.3, -0.25) is 4.79 Å². The predicted octanol–water partition coefficient (Wildman–Crippen LogP) is 1.44. The summed E-state index contributed by atoms with van der Waals surface area (Å²) in [6.45, 7) is 3.78. The summed E-state index contributed by atoms with van der Waals surface area (Å²) in [5.74, 6) is 0.777. The van der Waals surface area contributed by atoms with E-state index >= 15 is 0 Å². The van der Waals surface area contributed by atoms with E-state index in [1.54, 1.807) is 23.0 Å². The van der Waals surface area contributed by atoms with Crippen molar-refractivity contribution in [2.75, 3.05) is 18.0 Å². The van der Waals surface area contributed by atoms with Crippen LogP contribution in [0, 0.1) is 0 Å². The lowest BCUT2D eigenvalue weighted by molar-refractivity contribution is 0.351. The molecule has 3 heterocycles. The van der Waals surface area contributed by atoms with E-state index in [0.717, 1.165) is 43.9 Å². The standard InChI is InChI=1S/C15H19N5O/c1-2-12-10-16-15(17-11-12)19-8-5-13(6-9-19)20-14(21)4-3-7-18-20/h3-4,7,10-11,13H,2,5-6,8-9H2,1H3. The fraction of sp³-hybridized carbons (Fsp3) is 0.467. The molecular formula is C15H19N5O. The molecule has 0 radical (unpaired) electrons. The van der Waals surface area contributed by atoms with E-state index in [0.29, 0.717) is 0 Å². The molecule has 1 aliphatic rings. The number of aromatic nitrogens is 4. The molecule has 6 heteroatoms. The van der Waals surface area contributed by atoms with Gasteiger partial charge in [-0.1, -0.05) is 6.92 Å². The first-order valence-electron chi connectivity index (χ1n) is 7.37. The van der Waals surface area contributed by atoms with E-state index in [1.165, 1.54) is 0 Å². The van der Waals surface area contributed by atoms with Gasteiger partial charge in [0.2, 0.25) is 5.95 Å². The van der Waals surface area contributed by atoms with Gasteiger partial charge in [0.25, 0.3) is 5.56 Å². The summed E-state index contributed by atoms with van der Waals surface area (Å²) >= 11 is 0. The van der Waals surface area contributed by atoms with Crippen molar-refractivity contribution in [1.82, 2.24) is 19.7 Å². The fourth-order valence-electron chi connectivity index (χ4n) is 2.65. The third kappa shape index (κ3) is 2.94. The third-order valence-corrected chi connectivity index (χ3v) is 3.93. The first-order chi connectivity index (χ1) is 10.3. The minimum atomic E-state index is -0.0282. The molecule has 21 heavy (non-hydrogen) atoms. The molecule has 0 aromatic carbocycles. The van der Waals surface area contributed by atoms with Crippen LogP contribution in [-0.2, 0) is 6.42 Å². The lowest BCUT2D eigenvalue weighted by atomic mass is 10.1. The van der Waals surface area contributed by atoms with Gasteiger partial charge < -0.3 is 4.90 Å². The molecule has 0 amide bonds. The highest BCUT2D eigenvalue weighted by Crippen LogP contribution is 2.22. The van der Waals surface area contributed by atoms with E-state index < -0.39 is 0 Å². The first kappa shape index (κ1) is 13.7. The molecule has 110 valence electrons. The fourth-order valence-corrected chi connectivity index (χ4v) is 2.65. The molecule has 0 N–H and O–H groups in total. The molecule has 0 bridgehead atoms. The molecule has 0 spiro atoms. The number of hydrogen-bond acceptors (Lipinski definition) is 5. The van der Waals surface area contributed by atoms with Crippen LogP contribution in [0.1, 0.15) is 31.4 Å². The van der Waals surface area contributed by atoms with Gasteiger partial charge in [-0.05, 0) is 30.9 Å². The van der Waals surface area contributed by atoms with E-state index in [2.05, 4.69) is 26.9 Å². The molecule has 1 fully saturated rings. The zero-order valence-electron chi connectivity index (χ0n) is 12.1. The number of piperidine rings is 1. The zero-order chi connectivity index (χ0) is 14.7. The Balaban J connectivity index is 1.67. The van der Waals surface area contributed by atoms with Crippen LogP contribution < -0.4 is 10.5 Å². The Labute approximate surface area is 123 Å². The quantitative estimate of drug-likeness (QED) is 0.854. The average Bonchev–Trinajstić information content (AvgIpc) is 2.56. The summed E-state index contributed by atoms with van der Waals surface area (Å²) < 4.78 is 1.60. The summed E-state index contributed by atoms with van der Waals surface area (Å²) in [6, 6.07) is 3.41. The molecule has 0 unspecified atom stereocenters. The van der Waals surface area contributed by atoms with Gasteiger partial charge in [-0.25, -0.2) is 14.6 Å². The molecular weight excluding hydrogens is 266 g/mol. The summed E-state index contributed by atoms with van der Waals surface area (Å²) in [5.41, 5.74) is 1.12. The van der Waals surface area contributed by atoms with Gasteiger partial charge in [-0.15, -0.1) is 0 Å². The highest BCUT2D eigenvalue weighted by Gasteiger charge is 2.23. The normalized spacial score (nSPS) is 16.1. The molecule has 6 nitrogen and oxygen atoms in total. The van der Waals surface area contributed by atoms with Gasteiger partial charge in [0.1, 0.15) is 0 Å². The van der Waals surface area contributed by atoms with Crippen LogP contribution >= 0.6 is 0 Å². The molecule has 0 aliphatic carbocycles. The Morgan fingerprint density at radius 2 is 1.95 bits per heavy atom. The Bertz CT molecular complexity index is 644. The molecule has 1 aliphatic heterocycles. The first-order valence-corrected chi connectivity index (χ1v) is 7.37. The van der Waals surface area contributed by atoms with Crippen molar-refractivity contribution in [2.24, 2.45) is 0 Å². The molecule has 0 atom stereocenters. The maximum Gasteiger partial charge on any atom is 0.266 e. The average molecular weight is 285 g/mol. The Hall–Kier alpha value is -2.24. The van der Waals surface area contributed by atoms with Gasteiger partial charge in [-0.2, -0.15) is 5.10 Å². The van der Waals surface area contributed by atoms with Crippen LogP contribution in [-0.4, -0.2) is 32.8 Å². The monoisotopic (exact) mass is 285 g/mol. The van der Waals surface area contributed by atoms with E-state index in [4.69, 9.17) is 0 Å². The molecule has 3 rings (SSSR count). The number of aryl methyl sites for hydroxylation is 1. The van der Waals surface area contributed by atoms with E-state index in [-0.39, 0.29) is 11.6 Å². The second kappa shape index (κ2) is 6.03. The Morgan fingerprint density at radius 3 is 2.57 bits per heavy atom. The summed E-state index contributed by atoms with van der Waals surface area (Å²) in [7, 11) is 0. The van der Waals surface area contributed by atoms with Crippen LogP contribution in [0.2, 0.25) is 0 Å². The molecule has 2 aromatic heterocycles. The molecule has 0 saturated carbocycles. The third-order valence-electron chi connectivity index (χ3n) is 3.93. The maximum absolute atomic E-state index is 11.8. The largest absolute Gasteiger partial charge is 0.341 e. The Kier molecular flexibility index (Phi) is 3.94. The zero-order valence-corrected chi connectivity index (χ0v) is 12.1. The van der Waals surface area contributed by atoms with Crippen LogP contribution in [0.15, 0.2) is 35.5 Å². The molecule has 1 saturated heterocycles. The number of hydrogen-bond donors (Lipinski definition) is 0. The lowest BCUT2D eigenvalue weighted by Gasteiger charge is -2.32. The SMILES string of the molecule is CCc1cnc(N2CCC(n3ncccc3=O)CC2)nc1. The Morgan fingerprint density at radius 1 is 1.24 bits per heavy atom. The lowest BCUT2D eigenvalue weighted by Crippen LogP contribution is -2.38. The topological polar surface area (TPSA) is 63.9 Å². The predicted molar refractivity (Wildman–Crippen MR) is 80.4 cm³/mol. The summed E-state index contributed by atoms with van der Waals surface area (Å²) in [5, 5.41) is 4.18. The highest BCUT2D eigenvalue weighted by atomic mass is 16.1. The van der Waals surface area contributed by atoms with E-state index in [9.17, 15) is 4.79 Å². The van der Waals surface area contributed by atoms with Crippen molar-refractivity contribution in [3.05, 3.63) is 46.6 Å². The highest BCUT2D eigenvalue weighted by molar-refractivity contribution is 5.30. The van der Waals surface area contributed by atoms with Crippen LogP contribution in [0.25, 0.3) is 0 Å². The number of rotatable bonds is 3. The van der Waals surface area contributed by atoms with Crippen LogP contribution in [0.3, 0.4) is 0 Å². The molecule has 2 aromatic rings. The van der Waals surface area contributed by atoms with Gasteiger partial charge in [0.15, 0.2) is 0 Å². The van der Waals surface area contributed by atoms with Crippen LogP contribution in [0.5, 0.6) is 0 Å². The van der Waals surface area contributed by atoms with Gasteiger partial charge >= 0.3 is 0 Å². The summed E-state index contributed by atoms with van der Waals surface area (Å²) in [4.78, 5) is 22.8. The number of nitrogens with zero attached hydrogens (tertiary/aromatic N) is 5. The van der Waals surface area contributed by atoms with Crippen molar-refractivity contribution >= 4 is 5.95 Å². The van der Waals surface area contributed by atoms with Crippen molar-refractivity contribution in [3.8, 4) is 0 Å². The second-order valence-corrected chi connectivity index (χ2v) is 5.27. The van der Waals surface area contributed by atoms with E-state index in [1.807, 2.05) is 12.4 Å². The minimum absolute atomic E-state index is 0.0282. The maximum atomic E-state index is 11.8. The van der Waals surface area contributed by atoms with Crippen molar-refractivity contribution in [3.63, 3.8) is 0 Å². The number of anilines is 1. The van der Waals surface area contributed by atoms with Crippen LogP contribution in [0.4, 0.5) is 5.95 Å². The van der Waals surface area contributed by atoms with Crippen molar-refractivity contribution in [1.29, 1.82) is 0 Å². The minimum Gasteiger partial charge on any atom is -0.341 e. The van der Waals surface area contributed by atoms with Gasteiger partial charge in [0.05, 0.1) is 6.04 Å². The van der Waals surface area contributed by atoms with Crippen molar-refractivity contribution < 1.29 is 0 Å². The smallest absolute Gasteiger partial charge is 0.266 e. The van der Waals surface area contributed by atoms with Crippen molar-refractivity contribution in [2.45, 2.75) is 32.2 Å². The second-order valence-electron chi connectivity index (χ2n) is 5.27. The summed E-state index contributed by atoms with van der Waals surface area (Å²) in [6.07, 6.45) is 8.16.